The van der Waals surface area contributed by atoms with E-state index in [2.05, 4.69) is 39.4 Å². The first-order valence-electron chi connectivity index (χ1n) is 10.7. The molecule has 1 unspecified atom stereocenters. The van der Waals surface area contributed by atoms with Crippen molar-refractivity contribution in [1.29, 1.82) is 0 Å². The molecule has 2 N–H and O–H groups in total. The molecule has 0 bridgehead atoms. The van der Waals surface area contributed by atoms with Gasteiger partial charge in [0, 0.05) is 57.1 Å². The lowest BCUT2D eigenvalue weighted by Crippen LogP contribution is -2.52. The van der Waals surface area contributed by atoms with Crippen LogP contribution in [-0.2, 0) is 11.3 Å². The molecule has 1 atom stereocenters. The summed E-state index contributed by atoms with van der Waals surface area (Å²) in [5.41, 5.74) is 0.850. The Labute approximate surface area is 183 Å². The van der Waals surface area contributed by atoms with Gasteiger partial charge in [0.1, 0.15) is 11.6 Å². The van der Waals surface area contributed by atoms with Gasteiger partial charge in [-0.15, -0.1) is 0 Å². The lowest BCUT2D eigenvalue weighted by atomic mass is 10.0. The average Bonchev–Trinajstić information content (AvgIpc) is 2.77. The maximum Gasteiger partial charge on any atom is 0.224 e. The van der Waals surface area contributed by atoms with Crippen LogP contribution in [0.25, 0.3) is 0 Å². The molecule has 1 aromatic carbocycles. The molecule has 0 spiro atoms. The molecule has 168 valence electrons. The van der Waals surface area contributed by atoms with E-state index in [0.717, 1.165) is 38.4 Å². The maximum atomic E-state index is 13.5. The van der Waals surface area contributed by atoms with Crippen molar-refractivity contribution in [2.24, 2.45) is 10.9 Å². The first-order valence-corrected chi connectivity index (χ1v) is 10.7. The van der Waals surface area contributed by atoms with Crippen molar-refractivity contribution in [3.05, 3.63) is 54.0 Å². The van der Waals surface area contributed by atoms with Crippen LogP contribution < -0.4 is 15.4 Å². The lowest BCUT2D eigenvalue weighted by molar-refractivity contribution is 0.00752. The first kappa shape index (κ1) is 23.0. The van der Waals surface area contributed by atoms with E-state index >= 15 is 0 Å². The van der Waals surface area contributed by atoms with E-state index in [4.69, 9.17) is 9.47 Å². The van der Waals surface area contributed by atoms with E-state index < -0.39 is 0 Å². The summed E-state index contributed by atoms with van der Waals surface area (Å²) in [6.45, 7) is 9.21. The fourth-order valence-electron chi connectivity index (χ4n) is 3.59. The summed E-state index contributed by atoms with van der Waals surface area (Å²) in [7, 11) is 1.75. The molecule has 2 heterocycles. The van der Waals surface area contributed by atoms with E-state index in [1.165, 1.54) is 12.1 Å². The molecule has 1 fully saturated rings. The van der Waals surface area contributed by atoms with Crippen LogP contribution in [0.1, 0.15) is 19.4 Å². The largest absolute Gasteiger partial charge is 0.439 e. The molecule has 8 heteroatoms. The van der Waals surface area contributed by atoms with Gasteiger partial charge in [-0.3, -0.25) is 9.89 Å². The molecule has 0 aliphatic carbocycles. The Morgan fingerprint density at radius 1 is 1.23 bits per heavy atom. The van der Waals surface area contributed by atoms with E-state index in [1.807, 2.05) is 12.1 Å². The van der Waals surface area contributed by atoms with Crippen molar-refractivity contribution in [3.63, 3.8) is 0 Å². The zero-order chi connectivity index (χ0) is 22.1. The number of benzene rings is 1. The third-order valence-corrected chi connectivity index (χ3v) is 5.29. The number of ether oxygens (including phenoxy) is 2. The van der Waals surface area contributed by atoms with E-state index in [9.17, 15) is 4.39 Å². The van der Waals surface area contributed by atoms with Crippen LogP contribution in [0.3, 0.4) is 0 Å². The normalized spacial score (nSPS) is 16.2. The summed E-state index contributed by atoms with van der Waals surface area (Å²) >= 11 is 0. The minimum absolute atomic E-state index is 0.349. The van der Waals surface area contributed by atoms with Gasteiger partial charge in [0.25, 0.3) is 0 Å². The topological polar surface area (TPSA) is 71.0 Å². The van der Waals surface area contributed by atoms with Gasteiger partial charge >= 0.3 is 0 Å². The molecule has 1 aromatic heterocycles. The number of guanidine groups is 1. The fourth-order valence-corrected chi connectivity index (χ4v) is 3.59. The average molecular weight is 430 g/mol. The van der Waals surface area contributed by atoms with Crippen LogP contribution in [0.15, 0.2) is 47.6 Å². The Morgan fingerprint density at radius 3 is 2.74 bits per heavy atom. The molecule has 3 rings (SSSR count). The van der Waals surface area contributed by atoms with Crippen molar-refractivity contribution < 1.29 is 13.9 Å². The van der Waals surface area contributed by atoms with Crippen LogP contribution in [-0.4, -0.2) is 61.8 Å². The summed E-state index contributed by atoms with van der Waals surface area (Å²) in [6.07, 6.45) is 1.65. The van der Waals surface area contributed by atoms with Crippen molar-refractivity contribution in [1.82, 2.24) is 20.5 Å². The second kappa shape index (κ2) is 11.6. The molecular weight excluding hydrogens is 397 g/mol. The highest BCUT2D eigenvalue weighted by Gasteiger charge is 2.23. The van der Waals surface area contributed by atoms with Gasteiger partial charge in [0.15, 0.2) is 5.96 Å². The molecule has 7 nitrogen and oxygen atoms in total. The summed E-state index contributed by atoms with van der Waals surface area (Å²) in [5, 5.41) is 6.76. The molecule has 1 aliphatic rings. The van der Waals surface area contributed by atoms with Gasteiger partial charge in [-0.1, -0.05) is 26.0 Å². The van der Waals surface area contributed by atoms with E-state index in [1.54, 1.807) is 25.4 Å². The van der Waals surface area contributed by atoms with Gasteiger partial charge in [0.2, 0.25) is 5.88 Å². The van der Waals surface area contributed by atoms with Crippen molar-refractivity contribution in [2.75, 3.05) is 39.9 Å². The number of pyridine rings is 1. The van der Waals surface area contributed by atoms with Gasteiger partial charge in [-0.25, -0.2) is 9.37 Å². The van der Waals surface area contributed by atoms with Gasteiger partial charge < -0.3 is 20.1 Å². The monoisotopic (exact) mass is 429 g/mol. The molecule has 1 aliphatic heterocycles. The molecule has 0 radical (unpaired) electrons. The van der Waals surface area contributed by atoms with Crippen molar-refractivity contribution >= 4 is 5.96 Å². The number of nitrogens with one attached hydrogen (secondary N) is 2. The van der Waals surface area contributed by atoms with Crippen LogP contribution >= 0.6 is 0 Å². The predicted octanol–water partition coefficient (Wildman–Crippen LogP) is 3.03. The number of morpholine rings is 1. The Balaban J connectivity index is 1.58. The first-order chi connectivity index (χ1) is 15.1. The number of aliphatic imine (C=N–C) groups is 1. The molecule has 0 amide bonds. The SMILES string of the molecule is CN=C(NCc1cccnc1Oc1cccc(F)c1)NCC(C(C)C)N1CCOCC1. The van der Waals surface area contributed by atoms with Crippen molar-refractivity contribution in [3.8, 4) is 11.6 Å². The molecule has 2 aromatic rings. The summed E-state index contributed by atoms with van der Waals surface area (Å²) in [6, 6.07) is 10.2. The molecular formula is C23H32FN5O2. The fraction of sp³-hybridized carbons (Fsp3) is 0.478. The number of halogens is 1. The van der Waals surface area contributed by atoms with Gasteiger partial charge in [-0.05, 0) is 24.1 Å². The summed E-state index contributed by atoms with van der Waals surface area (Å²) in [5.74, 6) is 1.71. The van der Waals surface area contributed by atoms with Crippen LogP contribution in [0, 0.1) is 11.7 Å². The summed E-state index contributed by atoms with van der Waals surface area (Å²) in [4.78, 5) is 11.1. The van der Waals surface area contributed by atoms with E-state index in [0.29, 0.717) is 36.1 Å². The quantitative estimate of drug-likeness (QED) is 0.497. The predicted molar refractivity (Wildman–Crippen MR) is 120 cm³/mol. The zero-order valence-electron chi connectivity index (χ0n) is 18.5. The Bertz CT molecular complexity index is 855. The van der Waals surface area contributed by atoms with E-state index in [-0.39, 0.29) is 5.82 Å². The second-order valence-electron chi connectivity index (χ2n) is 7.79. The summed E-state index contributed by atoms with van der Waals surface area (Å²) < 4.78 is 24.7. The van der Waals surface area contributed by atoms with Crippen LogP contribution in [0.4, 0.5) is 4.39 Å². The number of nitrogens with zero attached hydrogens (tertiary/aromatic N) is 3. The maximum absolute atomic E-state index is 13.5. The minimum Gasteiger partial charge on any atom is -0.439 e. The number of aromatic nitrogens is 1. The Kier molecular flexibility index (Phi) is 8.61. The number of hydrogen-bond acceptors (Lipinski definition) is 5. The minimum atomic E-state index is -0.349. The third-order valence-electron chi connectivity index (χ3n) is 5.29. The number of hydrogen-bond donors (Lipinski definition) is 2. The smallest absolute Gasteiger partial charge is 0.224 e. The molecule has 31 heavy (non-hydrogen) atoms. The lowest BCUT2D eigenvalue weighted by Gasteiger charge is -2.37. The molecule has 0 saturated carbocycles. The Hall–Kier alpha value is -2.71. The van der Waals surface area contributed by atoms with Crippen LogP contribution in [0.5, 0.6) is 11.6 Å². The van der Waals surface area contributed by atoms with Gasteiger partial charge in [0.05, 0.1) is 13.2 Å². The highest BCUT2D eigenvalue weighted by atomic mass is 19.1. The van der Waals surface area contributed by atoms with Crippen molar-refractivity contribution in [2.45, 2.75) is 26.4 Å². The standard InChI is InChI=1S/C23H32FN5O2/c1-17(2)21(29-10-12-30-13-11-29)16-28-23(25-3)27-15-18-6-5-9-26-22(18)31-20-8-4-7-19(24)14-20/h4-9,14,17,21H,10-13,15-16H2,1-3H3,(H2,25,27,28). The van der Waals surface area contributed by atoms with Gasteiger partial charge in [-0.2, -0.15) is 0 Å². The highest BCUT2D eigenvalue weighted by Crippen LogP contribution is 2.23. The Morgan fingerprint density at radius 2 is 2.03 bits per heavy atom. The zero-order valence-corrected chi connectivity index (χ0v) is 18.5. The third kappa shape index (κ3) is 6.90. The molecule has 1 saturated heterocycles. The number of rotatable bonds is 8. The van der Waals surface area contributed by atoms with Crippen LogP contribution in [0.2, 0.25) is 0 Å². The highest BCUT2D eigenvalue weighted by molar-refractivity contribution is 5.79. The second-order valence-corrected chi connectivity index (χ2v) is 7.79.